The Balaban J connectivity index is 1.67. The smallest absolute Gasteiger partial charge is 0.354 e. The number of carboxylic acids is 1. The van der Waals surface area contributed by atoms with Gasteiger partial charge in [0.1, 0.15) is 29.0 Å². The molecule has 1 aromatic heterocycles. The fraction of sp³-hybridized carbons (Fsp3) is 0.0741. The summed E-state index contributed by atoms with van der Waals surface area (Å²) in [6.45, 7) is 0.293. The first-order valence-electron chi connectivity index (χ1n) is 11.2. The maximum atomic E-state index is 13.1. The van der Waals surface area contributed by atoms with Gasteiger partial charge in [-0.2, -0.15) is 0 Å². The molecule has 0 saturated carbocycles. The number of hydrogen-bond acceptors (Lipinski definition) is 6. The third-order valence-corrected chi connectivity index (χ3v) is 5.36. The molecule has 37 heavy (non-hydrogen) atoms. The number of para-hydroxylation sites is 1. The van der Waals surface area contributed by atoms with Crippen LogP contribution < -0.4 is 15.5 Å². The monoisotopic (exact) mass is 498 g/mol. The molecule has 0 aliphatic carbocycles. The van der Waals surface area contributed by atoms with Gasteiger partial charge in [0, 0.05) is 18.7 Å². The Morgan fingerprint density at radius 1 is 0.973 bits per heavy atom. The van der Waals surface area contributed by atoms with E-state index in [1.165, 1.54) is 30.3 Å². The van der Waals surface area contributed by atoms with Crippen LogP contribution in [0.2, 0.25) is 0 Å². The topological polar surface area (TPSA) is 137 Å². The summed E-state index contributed by atoms with van der Waals surface area (Å²) < 4.78 is 18.9. The lowest BCUT2D eigenvalue weighted by Gasteiger charge is -2.24. The van der Waals surface area contributed by atoms with E-state index in [-0.39, 0.29) is 23.8 Å². The fourth-order valence-electron chi connectivity index (χ4n) is 3.61. The van der Waals surface area contributed by atoms with Crippen molar-refractivity contribution in [2.24, 2.45) is 16.2 Å². The number of hydrogen-bond donors (Lipinski definition) is 3. The second-order valence-electron chi connectivity index (χ2n) is 7.88. The molecule has 0 spiro atoms. The Morgan fingerprint density at radius 3 is 2.24 bits per heavy atom. The molecule has 4 rings (SSSR count). The summed E-state index contributed by atoms with van der Waals surface area (Å²) in [4.78, 5) is 18.1. The van der Waals surface area contributed by atoms with E-state index in [1.54, 1.807) is 30.3 Å². The number of aromatic nitrogens is 1. The predicted molar refractivity (Wildman–Crippen MR) is 138 cm³/mol. The highest BCUT2D eigenvalue weighted by atomic mass is 19.1. The molecule has 1 heterocycles. The van der Waals surface area contributed by atoms with E-state index < -0.39 is 5.97 Å². The van der Waals surface area contributed by atoms with Crippen LogP contribution in [0.4, 0.5) is 15.9 Å². The number of nitrogens with one attached hydrogen (secondary N) is 1. The standard InChI is InChI=1S/C27H23FN6O3/c28-20-8-12-23(13-9-20)37-22-10-6-18(7-11-22)19-16-24(27(35)36)31-26(17-19)34(15-14-25(29)32-33-30)21-4-2-1-3-5-21/h1-13,16-17H,14-15H2,(H,35,36)(H3,29,30,32). The number of aromatic carboxylic acids is 1. The summed E-state index contributed by atoms with van der Waals surface area (Å²) in [6, 6.07) is 25.4. The van der Waals surface area contributed by atoms with Gasteiger partial charge in [-0.25, -0.2) is 14.2 Å². The van der Waals surface area contributed by atoms with Gasteiger partial charge in [-0.05, 0) is 71.8 Å². The van der Waals surface area contributed by atoms with Crippen molar-refractivity contribution in [1.82, 2.24) is 4.98 Å². The molecule has 4 aromatic rings. The van der Waals surface area contributed by atoms with Crippen molar-refractivity contribution < 1.29 is 19.0 Å². The lowest BCUT2D eigenvalue weighted by molar-refractivity contribution is 0.0690. The van der Waals surface area contributed by atoms with Gasteiger partial charge in [-0.15, -0.1) is 5.11 Å². The number of nitrogens with two attached hydrogens (primary N) is 1. The molecule has 9 nitrogen and oxygen atoms in total. The van der Waals surface area contributed by atoms with E-state index in [1.807, 2.05) is 35.2 Å². The van der Waals surface area contributed by atoms with Crippen molar-refractivity contribution in [2.75, 3.05) is 11.4 Å². The van der Waals surface area contributed by atoms with E-state index in [9.17, 15) is 14.3 Å². The van der Waals surface area contributed by atoms with Gasteiger partial charge in [0.25, 0.3) is 0 Å². The highest BCUT2D eigenvalue weighted by Crippen LogP contribution is 2.31. The third-order valence-electron chi connectivity index (χ3n) is 5.36. The highest BCUT2D eigenvalue weighted by Gasteiger charge is 2.17. The molecular formula is C27H23FN6O3. The van der Waals surface area contributed by atoms with E-state index in [0.717, 1.165) is 11.3 Å². The first kappa shape index (κ1) is 25.0. The summed E-state index contributed by atoms with van der Waals surface area (Å²) in [5.74, 6) is 4.95. The normalized spacial score (nSPS) is 10.8. The Bertz CT molecular complexity index is 1410. The Labute approximate surface area is 212 Å². The maximum Gasteiger partial charge on any atom is 0.354 e. The van der Waals surface area contributed by atoms with Gasteiger partial charge in [-0.1, -0.05) is 35.6 Å². The molecule has 0 atom stereocenters. The first-order chi connectivity index (χ1) is 17.9. The van der Waals surface area contributed by atoms with Gasteiger partial charge >= 0.3 is 5.97 Å². The van der Waals surface area contributed by atoms with Gasteiger partial charge in [-0.3, -0.25) is 5.41 Å². The quantitative estimate of drug-likeness (QED) is 0.0825. The van der Waals surface area contributed by atoms with Crippen LogP contribution in [0, 0.1) is 11.2 Å². The summed E-state index contributed by atoms with van der Waals surface area (Å²) in [5.41, 5.74) is 2.02. The number of carboxylic acid groups (broad SMARTS) is 1. The van der Waals surface area contributed by atoms with Crippen LogP contribution in [0.15, 0.2) is 101 Å². The molecule has 4 N–H and O–H groups in total. The number of pyridine rings is 1. The average molecular weight is 499 g/mol. The fourth-order valence-corrected chi connectivity index (χ4v) is 3.61. The maximum absolute atomic E-state index is 13.1. The minimum atomic E-state index is -1.17. The lowest BCUT2D eigenvalue weighted by Crippen LogP contribution is -2.22. The van der Waals surface area contributed by atoms with Gasteiger partial charge in [0.05, 0.1) is 0 Å². The molecule has 0 saturated heterocycles. The molecule has 0 fully saturated rings. The van der Waals surface area contributed by atoms with Crippen molar-refractivity contribution in [2.45, 2.75) is 6.42 Å². The lowest BCUT2D eigenvalue weighted by atomic mass is 10.0. The van der Waals surface area contributed by atoms with E-state index in [4.69, 9.17) is 16.0 Å². The van der Waals surface area contributed by atoms with Crippen LogP contribution in [-0.4, -0.2) is 28.4 Å². The summed E-state index contributed by atoms with van der Waals surface area (Å²) in [5, 5.41) is 24.3. The zero-order chi connectivity index (χ0) is 26.2. The Kier molecular flexibility index (Phi) is 7.79. The average Bonchev–Trinajstić information content (AvgIpc) is 2.91. The van der Waals surface area contributed by atoms with Crippen LogP contribution in [0.3, 0.4) is 0 Å². The number of nitrogens with zero attached hydrogens (tertiary/aromatic N) is 4. The number of benzene rings is 3. The van der Waals surface area contributed by atoms with Gasteiger partial charge in [0.15, 0.2) is 5.69 Å². The Morgan fingerprint density at radius 2 is 1.62 bits per heavy atom. The SMILES string of the molecule is N=C(CCN(c1ccccc1)c1cc(-c2ccc(Oc3ccc(F)cc3)cc2)cc(C(=O)O)n1)N=NN. The third kappa shape index (κ3) is 6.51. The largest absolute Gasteiger partial charge is 0.477 e. The molecule has 0 bridgehead atoms. The molecule has 0 amide bonds. The van der Waals surface area contributed by atoms with Gasteiger partial charge < -0.3 is 20.6 Å². The second-order valence-corrected chi connectivity index (χ2v) is 7.88. The first-order valence-corrected chi connectivity index (χ1v) is 11.2. The van der Waals surface area contributed by atoms with Crippen LogP contribution in [0.5, 0.6) is 11.5 Å². The zero-order valence-electron chi connectivity index (χ0n) is 19.6. The summed E-state index contributed by atoms with van der Waals surface area (Å²) in [7, 11) is 0. The molecule has 10 heteroatoms. The number of rotatable bonds is 9. The summed E-state index contributed by atoms with van der Waals surface area (Å²) in [6.07, 6.45) is 0.208. The second kappa shape index (κ2) is 11.5. The molecule has 0 aliphatic heterocycles. The molecule has 3 aromatic carbocycles. The Hall–Kier alpha value is -5.12. The van der Waals surface area contributed by atoms with E-state index >= 15 is 0 Å². The van der Waals surface area contributed by atoms with Crippen LogP contribution in [0.1, 0.15) is 16.9 Å². The number of ether oxygens (including phenoxy) is 1. The van der Waals surface area contributed by atoms with Gasteiger partial charge in [0.2, 0.25) is 0 Å². The number of carbonyl (C=O) groups is 1. The number of anilines is 2. The number of halogens is 1. The van der Waals surface area contributed by atoms with Crippen LogP contribution >= 0.6 is 0 Å². The molecule has 0 unspecified atom stereocenters. The molecule has 0 radical (unpaired) electrons. The van der Waals surface area contributed by atoms with Crippen molar-refractivity contribution in [3.63, 3.8) is 0 Å². The van der Waals surface area contributed by atoms with Crippen LogP contribution in [0.25, 0.3) is 11.1 Å². The van der Waals surface area contributed by atoms with E-state index in [2.05, 4.69) is 15.3 Å². The van der Waals surface area contributed by atoms with Crippen molar-refractivity contribution in [3.05, 3.63) is 103 Å². The minimum Gasteiger partial charge on any atom is -0.477 e. The summed E-state index contributed by atoms with van der Waals surface area (Å²) >= 11 is 0. The zero-order valence-corrected chi connectivity index (χ0v) is 19.6. The minimum absolute atomic E-state index is 0.0187. The molecule has 186 valence electrons. The molecular weight excluding hydrogens is 475 g/mol. The number of amidine groups is 1. The van der Waals surface area contributed by atoms with Crippen molar-refractivity contribution in [3.8, 4) is 22.6 Å². The molecule has 0 aliphatic rings. The van der Waals surface area contributed by atoms with Crippen LogP contribution in [-0.2, 0) is 0 Å². The van der Waals surface area contributed by atoms with E-state index in [0.29, 0.717) is 29.4 Å². The highest BCUT2D eigenvalue weighted by molar-refractivity contribution is 5.89. The predicted octanol–water partition coefficient (Wildman–Crippen LogP) is 6.21. The van der Waals surface area contributed by atoms with Crippen molar-refractivity contribution >= 4 is 23.3 Å². The van der Waals surface area contributed by atoms with Crippen molar-refractivity contribution in [1.29, 1.82) is 5.41 Å².